The van der Waals surface area contributed by atoms with Crippen molar-refractivity contribution >= 4 is 11.7 Å². The number of carbonyl (C=O) groups is 1. The smallest absolute Gasteiger partial charge is 0.236 e. The van der Waals surface area contributed by atoms with Crippen molar-refractivity contribution in [1.29, 1.82) is 10.5 Å². The Bertz CT molecular complexity index is 1110. The molecule has 2 bridgehead atoms. The zero-order chi connectivity index (χ0) is 22.3. The van der Waals surface area contributed by atoms with Crippen LogP contribution in [0.3, 0.4) is 0 Å². The van der Waals surface area contributed by atoms with Crippen LogP contribution in [0.4, 0.5) is 5.82 Å². The first kappa shape index (κ1) is 20.5. The predicted octanol–water partition coefficient (Wildman–Crippen LogP) is 2.53. The highest BCUT2D eigenvalue weighted by atomic mass is 16.2. The van der Waals surface area contributed by atoms with Crippen LogP contribution in [0, 0.1) is 28.6 Å². The molecule has 3 atom stereocenters. The number of hydrogen-bond acceptors (Lipinski definition) is 6. The highest BCUT2D eigenvalue weighted by molar-refractivity contribution is 5.79. The van der Waals surface area contributed by atoms with Gasteiger partial charge in [0.2, 0.25) is 5.91 Å². The van der Waals surface area contributed by atoms with Crippen LogP contribution in [0.2, 0.25) is 0 Å². The number of anilines is 1. The lowest BCUT2D eigenvalue weighted by Crippen LogP contribution is -2.58. The van der Waals surface area contributed by atoms with Gasteiger partial charge in [-0.3, -0.25) is 10.1 Å². The number of amides is 1. The summed E-state index contributed by atoms with van der Waals surface area (Å²) in [5.74, 6) is 1.50. The van der Waals surface area contributed by atoms with E-state index in [0.717, 1.165) is 30.6 Å². The van der Waals surface area contributed by atoms with Crippen LogP contribution in [0.15, 0.2) is 42.6 Å². The van der Waals surface area contributed by atoms with Gasteiger partial charge in [0.05, 0.1) is 29.8 Å². The van der Waals surface area contributed by atoms with Gasteiger partial charge in [-0.15, -0.1) is 0 Å². The molecule has 32 heavy (non-hydrogen) atoms. The number of pyridine rings is 1. The Hall–Kier alpha value is -3.42. The van der Waals surface area contributed by atoms with E-state index >= 15 is 0 Å². The summed E-state index contributed by atoms with van der Waals surface area (Å²) in [5.41, 5.74) is 2.13. The molecule has 2 saturated heterocycles. The molecular weight excluding hydrogens is 400 g/mol. The Kier molecular flexibility index (Phi) is 5.07. The Morgan fingerprint density at radius 2 is 2.00 bits per heavy atom. The Balaban J connectivity index is 1.25. The number of rotatable bonds is 5. The second-order valence-corrected chi connectivity index (χ2v) is 9.29. The first-order valence-corrected chi connectivity index (χ1v) is 11.2. The number of nitriles is 2. The van der Waals surface area contributed by atoms with E-state index < -0.39 is 0 Å². The molecule has 0 spiro atoms. The Morgan fingerprint density at radius 3 is 2.66 bits per heavy atom. The fraction of sp³-hybridized carbons (Fsp3) is 0.440. The lowest BCUT2D eigenvalue weighted by molar-refractivity contribution is -0.131. The lowest BCUT2D eigenvalue weighted by Gasteiger charge is -2.42. The molecule has 2 aromatic rings. The van der Waals surface area contributed by atoms with Crippen molar-refractivity contribution in [3.05, 3.63) is 59.3 Å². The van der Waals surface area contributed by atoms with E-state index in [1.54, 1.807) is 6.20 Å². The SMILES string of the molecule is C[C@H]1CC2CN(C(=O)CNC3(c4cccc(C#N)c4)CC3)CC1N2c1ccc(C#N)cn1. The summed E-state index contributed by atoms with van der Waals surface area (Å²) >= 11 is 0. The summed E-state index contributed by atoms with van der Waals surface area (Å²) in [6, 6.07) is 16.2. The molecular formula is C25H26N6O. The van der Waals surface area contributed by atoms with E-state index in [0.29, 0.717) is 36.7 Å². The first-order valence-electron chi connectivity index (χ1n) is 11.2. The van der Waals surface area contributed by atoms with E-state index in [1.807, 2.05) is 41.3 Å². The average molecular weight is 427 g/mol. The highest BCUT2D eigenvalue weighted by Crippen LogP contribution is 2.45. The molecule has 1 saturated carbocycles. The summed E-state index contributed by atoms with van der Waals surface area (Å²) < 4.78 is 0. The number of nitrogens with one attached hydrogen (secondary N) is 1. The van der Waals surface area contributed by atoms with Gasteiger partial charge in [0.1, 0.15) is 11.9 Å². The molecule has 2 unspecified atom stereocenters. The molecule has 3 heterocycles. The van der Waals surface area contributed by atoms with Crippen LogP contribution in [0.1, 0.15) is 42.9 Å². The molecule has 2 aliphatic heterocycles. The molecule has 1 aromatic carbocycles. The number of nitrogens with zero attached hydrogens (tertiary/aromatic N) is 5. The van der Waals surface area contributed by atoms with Crippen LogP contribution in [0.5, 0.6) is 0 Å². The number of benzene rings is 1. The van der Waals surface area contributed by atoms with E-state index in [2.05, 4.69) is 34.3 Å². The fourth-order valence-corrected chi connectivity index (χ4v) is 5.33. The third-order valence-corrected chi connectivity index (χ3v) is 7.26. The van der Waals surface area contributed by atoms with E-state index in [9.17, 15) is 10.1 Å². The molecule has 1 aliphatic carbocycles. The largest absolute Gasteiger partial charge is 0.347 e. The van der Waals surface area contributed by atoms with Gasteiger partial charge in [0, 0.05) is 30.9 Å². The van der Waals surface area contributed by atoms with Crippen molar-refractivity contribution in [2.45, 2.75) is 43.8 Å². The minimum absolute atomic E-state index is 0.129. The molecule has 1 amide bonds. The van der Waals surface area contributed by atoms with Gasteiger partial charge in [0.25, 0.3) is 0 Å². The first-order chi connectivity index (χ1) is 15.5. The fourth-order valence-electron chi connectivity index (χ4n) is 5.33. The summed E-state index contributed by atoms with van der Waals surface area (Å²) in [7, 11) is 0. The van der Waals surface area contributed by atoms with Crippen LogP contribution in [0.25, 0.3) is 0 Å². The maximum absolute atomic E-state index is 13.1. The number of fused-ring (bicyclic) bond motifs is 2. The molecule has 7 heteroatoms. The molecule has 162 valence electrons. The van der Waals surface area contributed by atoms with E-state index in [1.165, 1.54) is 0 Å². The van der Waals surface area contributed by atoms with E-state index in [-0.39, 0.29) is 23.5 Å². The third kappa shape index (κ3) is 3.59. The third-order valence-electron chi connectivity index (χ3n) is 7.26. The molecule has 5 rings (SSSR count). The van der Waals surface area contributed by atoms with Crippen molar-refractivity contribution in [2.24, 2.45) is 5.92 Å². The second kappa shape index (κ2) is 7.93. The zero-order valence-electron chi connectivity index (χ0n) is 18.2. The number of likely N-dealkylation sites (tertiary alicyclic amines) is 1. The predicted molar refractivity (Wildman–Crippen MR) is 119 cm³/mol. The lowest BCUT2D eigenvalue weighted by atomic mass is 10.0. The van der Waals surface area contributed by atoms with Crippen molar-refractivity contribution in [2.75, 3.05) is 24.5 Å². The summed E-state index contributed by atoms with van der Waals surface area (Å²) in [6.07, 6.45) is 4.62. The van der Waals surface area contributed by atoms with Crippen LogP contribution < -0.4 is 10.2 Å². The Labute approximate surface area is 188 Å². The summed E-state index contributed by atoms with van der Waals surface area (Å²) in [4.78, 5) is 22.0. The van der Waals surface area contributed by atoms with Gasteiger partial charge in [-0.2, -0.15) is 10.5 Å². The molecule has 7 nitrogen and oxygen atoms in total. The number of carbonyl (C=O) groups excluding carboxylic acids is 1. The van der Waals surface area contributed by atoms with Gasteiger partial charge < -0.3 is 9.80 Å². The minimum atomic E-state index is -0.178. The zero-order valence-corrected chi connectivity index (χ0v) is 18.2. The Morgan fingerprint density at radius 1 is 1.19 bits per heavy atom. The molecule has 3 aliphatic rings. The molecule has 0 radical (unpaired) electrons. The van der Waals surface area contributed by atoms with Crippen molar-refractivity contribution in [3.8, 4) is 12.1 Å². The van der Waals surface area contributed by atoms with E-state index in [4.69, 9.17) is 5.26 Å². The number of aromatic nitrogens is 1. The van der Waals surface area contributed by atoms with Crippen molar-refractivity contribution in [1.82, 2.24) is 15.2 Å². The highest BCUT2D eigenvalue weighted by Gasteiger charge is 2.47. The molecule has 1 N–H and O–H groups in total. The van der Waals surface area contributed by atoms with Crippen LogP contribution in [-0.4, -0.2) is 47.5 Å². The van der Waals surface area contributed by atoms with Crippen molar-refractivity contribution in [3.63, 3.8) is 0 Å². The normalized spacial score (nSPS) is 25.2. The number of piperazine rings is 1. The van der Waals surface area contributed by atoms with Gasteiger partial charge in [-0.25, -0.2) is 4.98 Å². The topological polar surface area (TPSA) is 96.0 Å². The van der Waals surface area contributed by atoms with Gasteiger partial charge in [0.15, 0.2) is 0 Å². The quantitative estimate of drug-likeness (QED) is 0.789. The van der Waals surface area contributed by atoms with Gasteiger partial charge in [-0.05, 0) is 55.0 Å². The van der Waals surface area contributed by atoms with Crippen LogP contribution in [-0.2, 0) is 10.3 Å². The summed E-state index contributed by atoms with van der Waals surface area (Å²) in [6.45, 7) is 3.94. The maximum Gasteiger partial charge on any atom is 0.236 e. The maximum atomic E-state index is 13.1. The van der Waals surface area contributed by atoms with Crippen LogP contribution >= 0.6 is 0 Å². The summed E-state index contributed by atoms with van der Waals surface area (Å²) in [5, 5.41) is 21.7. The molecule has 3 fully saturated rings. The molecule has 1 aromatic heterocycles. The minimum Gasteiger partial charge on any atom is -0.347 e. The average Bonchev–Trinajstić information content (AvgIpc) is 3.60. The van der Waals surface area contributed by atoms with Crippen molar-refractivity contribution < 1.29 is 4.79 Å². The van der Waals surface area contributed by atoms with Gasteiger partial charge in [-0.1, -0.05) is 19.1 Å². The second-order valence-electron chi connectivity index (χ2n) is 9.29. The standard InChI is InChI=1S/C25H26N6O/c1-17-9-21-15-30(16-22(17)31(21)23-6-5-19(12-27)13-28-23)24(32)14-29-25(7-8-25)20-4-2-3-18(10-20)11-26/h2-6,10,13,17,21-22,29H,7-9,14-16H2,1H3/t17-,21?,22?/m0/s1. The monoisotopic (exact) mass is 426 g/mol. The number of hydrogen-bond donors (Lipinski definition) is 1. The van der Waals surface area contributed by atoms with Gasteiger partial charge >= 0.3 is 0 Å².